The topological polar surface area (TPSA) is 80.9 Å². The van der Waals surface area contributed by atoms with Crippen molar-refractivity contribution in [2.45, 2.75) is 17.5 Å². The minimum atomic E-state index is -0.0304. The summed E-state index contributed by atoms with van der Waals surface area (Å²) in [5.41, 5.74) is 3.49. The lowest BCUT2D eigenvalue weighted by Crippen LogP contribution is -2.11. The molecule has 0 amide bonds. The predicted molar refractivity (Wildman–Crippen MR) is 126 cm³/mol. The monoisotopic (exact) mass is 442 g/mol. The zero-order valence-electron chi connectivity index (χ0n) is 17.3. The Morgan fingerprint density at radius 1 is 0.969 bits per heavy atom. The van der Waals surface area contributed by atoms with Gasteiger partial charge in [0.1, 0.15) is 11.5 Å². The number of tetrazole rings is 1. The number of hydrogen-bond acceptors (Lipinski definition) is 6. The zero-order chi connectivity index (χ0) is 22.3. The van der Waals surface area contributed by atoms with Crippen molar-refractivity contribution in [3.63, 3.8) is 0 Å². The van der Waals surface area contributed by atoms with E-state index in [0.717, 1.165) is 11.1 Å². The van der Waals surface area contributed by atoms with Crippen LogP contribution >= 0.6 is 11.8 Å². The second-order valence-corrected chi connectivity index (χ2v) is 8.22. The van der Waals surface area contributed by atoms with Crippen molar-refractivity contribution in [1.29, 1.82) is 0 Å². The van der Waals surface area contributed by atoms with E-state index in [1.807, 2.05) is 42.5 Å². The number of Topliss-reactive ketones (excluding diaryl/α,β-unsaturated/α-hetero) is 1. The summed E-state index contributed by atoms with van der Waals surface area (Å²) in [6.45, 7) is 3.55. The average Bonchev–Trinajstić information content (AvgIpc) is 3.31. The standard InChI is InChI=1S/C25H22N4O2S/c1-18(30)21-13-8-14-22(15-21)29-25(26-27-28-29)32-17-23(31)16-24(19-9-4-2-5-10-19)20-11-6-3-7-12-20/h2-15,24,30H,1,16-17H2. The van der Waals surface area contributed by atoms with Gasteiger partial charge in [-0.15, -0.1) is 5.10 Å². The molecule has 0 saturated carbocycles. The van der Waals surface area contributed by atoms with Gasteiger partial charge in [0.05, 0.1) is 11.4 Å². The number of aromatic nitrogens is 4. The van der Waals surface area contributed by atoms with Crippen LogP contribution in [0.15, 0.2) is 96.7 Å². The number of ketones is 1. The van der Waals surface area contributed by atoms with Crippen LogP contribution in [0.25, 0.3) is 11.4 Å². The van der Waals surface area contributed by atoms with E-state index >= 15 is 0 Å². The van der Waals surface area contributed by atoms with Crippen LogP contribution in [0.4, 0.5) is 0 Å². The van der Waals surface area contributed by atoms with Crippen molar-refractivity contribution >= 4 is 23.3 Å². The summed E-state index contributed by atoms with van der Waals surface area (Å²) in [5.74, 6) is 0.328. The Morgan fingerprint density at radius 3 is 2.25 bits per heavy atom. The van der Waals surface area contributed by atoms with Crippen LogP contribution in [0.2, 0.25) is 0 Å². The molecule has 0 aliphatic carbocycles. The molecular weight excluding hydrogens is 420 g/mol. The molecule has 32 heavy (non-hydrogen) atoms. The lowest BCUT2D eigenvalue weighted by Gasteiger charge is -2.17. The van der Waals surface area contributed by atoms with E-state index in [4.69, 9.17) is 0 Å². The molecule has 160 valence electrons. The van der Waals surface area contributed by atoms with Gasteiger partial charge in [0, 0.05) is 17.9 Å². The van der Waals surface area contributed by atoms with E-state index in [2.05, 4.69) is 46.4 Å². The number of rotatable bonds is 9. The van der Waals surface area contributed by atoms with Crippen LogP contribution in [0.1, 0.15) is 29.0 Å². The molecule has 0 radical (unpaired) electrons. The van der Waals surface area contributed by atoms with Crippen molar-refractivity contribution in [2.75, 3.05) is 5.75 Å². The number of hydrogen-bond donors (Lipinski definition) is 1. The average molecular weight is 443 g/mol. The molecule has 0 aliphatic heterocycles. The molecule has 0 saturated heterocycles. The summed E-state index contributed by atoms with van der Waals surface area (Å²) in [5, 5.41) is 22.0. The fraction of sp³-hybridized carbons (Fsp3) is 0.120. The molecule has 7 heteroatoms. The maximum absolute atomic E-state index is 12.9. The number of thioether (sulfide) groups is 1. The van der Waals surface area contributed by atoms with Crippen LogP contribution in [-0.4, -0.2) is 36.8 Å². The first-order chi connectivity index (χ1) is 15.6. The maximum atomic E-state index is 12.9. The van der Waals surface area contributed by atoms with Crippen molar-refractivity contribution in [1.82, 2.24) is 20.2 Å². The van der Waals surface area contributed by atoms with Gasteiger partial charge in [-0.1, -0.05) is 91.1 Å². The second kappa shape index (κ2) is 10.1. The van der Waals surface area contributed by atoms with Crippen molar-refractivity contribution in [3.05, 3.63) is 108 Å². The Kier molecular flexibility index (Phi) is 6.77. The van der Waals surface area contributed by atoms with Crippen molar-refractivity contribution in [2.24, 2.45) is 0 Å². The van der Waals surface area contributed by atoms with Gasteiger partial charge in [-0.05, 0) is 33.7 Å². The summed E-state index contributed by atoms with van der Waals surface area (Å²) in [6.07, 6.45) is 0.391. The van der Waals surface area contributed by atoms with Crippen LogP contribution < -0.4 is 0 Å². The highest BCUT2D eigenvalue weighted by atomic mass is 32.2. The molecule has 0 bridgehead atoms. The lowest BCUT2D eigenvalue weighted by molar-refractivity contribution is -0.116. The molecule has 1 aromatic heterocycles. The van der Waals surface area contributed by atoms with Gasteiger partial charge in [0.25, 0.3) is 0 Å². The quantitative estimate of drug-likeness (QED) is 0.288. The molecule has 4 aromatic rings. The lowest BCUT2D eigenvalue weighted by atomic mass is 9.87. The molecule has 6 nitrogen and oxygen atoms in total. The van der Waals surface area contributed by atoms with Gasteiger partial charge < -0.3 is 5.11 Å². The summed E-state index contributed by atoms with van der Waals surface area (Å²) in [4.78, 5) is 12.9. The zero-order valence-corrected chi connectivity index (χ0v) is 18.2. The summed E-state index contributed by atoms with van der Waals surface area (Å²) >= 11 is 1.30. The van der Waals surface area contributed by atoms with E-state index < -0.39 is 0 Å². The largest absolute Gasteiger partial charge is 0.508 e. The van der Waals surface area contributed by atoms with E-state index in [1.54, 1.807) is 22.9 Å². The number of carbonyl (C=O) groups is 1. The number of benzene rings is 3. The molecule has 0 spiro atoms. The first kappa shape index (κ1) is 21.5. The van der Waals surface area contributed by atoms with E-state index in [1.165, 1.54) is 11.8 Å². The first-order valence-corrected chi connectivity index (χ1v) is 11.1. The first-order valence-electron chi connectivity index (χ1n) is 10.1. The van der Waals surface area contributed by atoms with Crippen molar-refractivity contribution in [3.8, 4) is 5.69 Å². The number of carbonyl (C=O) groups excluding carboxylic acids is 1. The highest BCUT2D eigenvalue weighted by molar-refractivity contribution is 7.99. The summed E-state index contributed by atoms with van der Waals surface area (Å²) in [6, 6.07) is 27.3. The fourth-order valence-corrected chi connectivity index (χ4v) is 4.25. The van der Waals surface area contributed by atoms with E-state index in [0.29, 0.717) is 22.8 Å². The SMILES string of the molecule is C=C(O)c1cccc(-n2nnnc2SCC(=O)CC(c2ccccc2)c2ccccc2)c1. The van der Waals surface area contributed by atoms with E-state index in [-0.39, 0.29) is 23.2 Å². The smallest absolute Gasteiger partial charge is 0.214 e. The van der Waals surface area contributed by atoms with Gasteiger partial charge >= 0.3 is 0 Å². The fourth-order valence-electron chi connectivity index (χ4n) is 3.48. The maximum Gasteiger partial charge on any atom is 0.214 e. The summed E-state index contributed by atoms with van der Waals surface area (Å²) in [7, 11) is 0. The van der Waals surface area contributed by atoms with Gasteiger partial charge in [-0.2, -0.15) is 4.68 Å². The molecule has 1 heterocycles. The third-order valence-corrected chi connectivity index (χ3v) is 6.04. The Bertz CT molecular complexity index is 1170. The number of aliphatic hydroxyl groups is 1. The third kappa shape index (κ3) is 5.12. The number of nitrogens with zero attached hydrogens (tertiary/aromatic N) is 4. The molecule has 3 aromatic carbocycles. The highest BCUT2D eigenvalue weighted by Gasteiger charge is 2.19. The molecule has 0 fully saturated rings. The van der Waals surface area contributed by atoms with Gasteiger partial charge in [-0.3, -0.25) is 4.79 Å². The molecule has 0 aliphatic rings. The summed E-state index contributed by atoms with van der Waals surface area (Å²) < 4.78 is 1.55. The molecule has 0 unspecified atom stereocenters. The Morgan fingerprint density at radius 2 is 1.62 bits per heavy atom. The molecular formula is C25H22N4O2S. The van der Waals surface area contributed by atoms with Crippen LogP contribution in [-0.2, 0) is 4.79 Å². The highest BCUT2D eigenvalue weighted by Crippen LogP contribution is 2.29. The second-order valence-electron chi connectivity index (χ2n) is 7.28. The van der Waals surface area contributed by atoms with E-state index in [9.17, 15) is 9.90 Å². The molecule has 4 rings (SSSR count). The minimum Gasteiger partial charge on any atom is -0.508 e. The Hall–Kier alpha value is -3.71. The predicted octanol–water partition coefficient (Wildman–Crippen LogP) is 5.07. The normalized spacial score (nSPS) is 10.9. The molecule has 0 atom stereocenters. The third-order valence-electron chi connectivity index (χ3n) is 5.06. The van der Waals surface area contributed by atoms with Gasteiger partial charge in [0.15, 0.2) is 0 Å². The van der Waals surface area contributed by atoms with Crippen molar-refractivity contribution < 1.29 is 9.90 Å². The van der Waals surface area contributed by atoms with Crippen LogP contribution in [0, 0.1) is 0 Å². The Labute approximate surface area is 190 Å². The number of aliphatic hydroxyl groups excluding tert-OH is 1. The van der Waals surface area contributed by atoms with Crippen LogP contribution in [0.5, 0.6) is 0 Å². The van der Waals surface area contributed by atoms with Gasteiger partial charge in [0.2, 0.25) is 5.16 Å². The Balaban J connectivity index is 1.48. The van der Waals surface area contributed by atoms with Gasteiger partial charge in [-0.25, -0.2) is 0 Å². The molecule has 1 N–H and O–H groups in total. The van der Waals surface area contributed by atoms with Crippen LogP contribution in [0.3, 0.4) is 0 Å². The minimum absolute atomic E-state index is 0.00579.